The van der Waals surface area contributed by atoms with Crippen LogP contribution in [0, 0.1) is 26.7 Å². The Bertz CT molecular complexity index is 1870. The van der Waals surface area contributed by atoms with Gasteiger partial charge in [0.25, 0.3) is 0 Å². The maximum atomic E-state index is 2.69. The van der Waals surface area contributed by atoms with E-state index in [9.17, 15) is 0 Å². The molecule has 3 aromatic carbocycles. The summed E-state index contributed by atoms with van der Waals surface area (Å²) in [5.41, 5.74) is 9.42. The van der Waals surface area contributed by atoms with Gasteiger partial charge in [-0.2, -0.15) is 0 Å². The molecule has 1 aliphatic carbocycles. The van der Waals surface area contributed by atoms with Gasteiger partial charge >= 0.3 is 0 Å². The van der Waals surface area contributed by atoms with Crippen molar-refractivity contribution >= 4 is 103 Å². The molecule has 0 amide bonds. The summed E-state index contributed by atoms with van der Waals surface area (Å²) in [6, 6.07) is 15.7. The molecule has 0 saturated heterocycles. The first kappa shape index (κ1) is 46.3. The van der Waals surface area contributed by atoms with Crippen LogP contribution in [0.1, 0.15) is 44.4 Å². The maximum absolute atomic E-state index is 3.12. The van der Waals surface area contributed by atoms with Gasteiger partial charge < -0.3 is 0 Å². The molecule has 4 rings (SSSR count). The fourth-order valence-corrected chi connectivity index (χ4v) is 39.3. The summed E-state index contributed by atoms with van der Waals surface area (Å²) in [6.07, 6.45) is 0. The van der Waals surface area contributed by atoms with E-state index in [1.807, 2.05) is 36.3 Å². The van der Waals surface area contributed by atoms with Crippen molar-refractivity contribution in [1.82, 2.24) is 0 Å². The van der Waals surface area contributed by atoms with E-state index < -0.39 is 56.5 Å². The first-order valence-corrected chi connectivity index (χ1v) is 44.4. The van der Waals surface area contributed by atoms with Gasteiger partial charge in [0.15, 0.2) is 8.07 Å². The molecule has 7 heteroatoms. The number of benzene rings is 3. The number of aryl methyl sites for hydroxylation is 3. The lowest BCUT2D eigenvalue weighted by Crippen LogP contribution is -2.86. The molecule has 1 unspecified atom stereocenters. The van der Waals surface area contributed by atoms with Gasteiger partial charge in [0.2, 0.25) is 0 Å². The largest absolute Gasteiger partial charge is 0.176 e. The quantitative estimate of drug-likeness (QED) is 0.141. The molecule has 0 N–H and O–H groups in total. The Morgan fingerprint density at radius 1 is 0.327 bits per heavy atom. The predicted octanol–water partition coefficient (Wildman–Crippen LogP) is 9.20. The molecule has 0 bridgehead atoms. The van der Waals surface area contributed by atoms with Gasteiger partial charge in [-0.1, -0.05) is 225 Å². The van der Waals surface area contributed by atoms with Gasteiger partial charge in [0.05, 0.1) is 48.4 Å². The smallest absolute Gasteiger partial charge is 0.0656 e. The summed E-state index contributed by atoms with van der Waals surface area (Å²) in [5, 5.41) is 18.0. The van der Waals surface area contributed by atoms with Crippen LogP contribution in [0.3, 0.4) is 0 Å². The second-order valence-electron chi connectivity index (χ2n) is 23.9. The molecule has 0 spiro atoms. The van der Waals surface area contributed by atoms with Crippen molar-refractivity contribution in [2.24, 2.45) is 5.92 Å². The molecule has 0 fully saturated rings. The highest BCUT2D eigenvalue weighted by atomic mass is 28.3. The topological polar surface area (TPSA) is 0 Å². The highest BCUT2D eigenvalue weighted by Crippen LogP contribution is 2.42. The van der Waals surface area contributed by atoms with Crippen LogP contribution in [-0.4, -0.2) is 56.5 Å². The lowest BCUT2D eigenvalue weighted by atomic mass is 10.1. The van der Waals surface area contributed by atoms with E-state index >= 15 is 0 Å². The van der Waals surface area contributed by atoms with Crippen molar-refractivity contribution in [2.75, 3.05) is 0 Å². The third-order valence-corrected chi connectivity index (χ3v) is 32.5. The van der Waals surface area contributed by atoms with Crippen molar-refractivity contribution < 1.29 is 0 Å². The van der Waals surface area contributed by atoms with E-state index in [-0.39, 0.29) is 0 Å². The first-order valence-electron chi connectivity index (χ1n) is 21.4. The molecule has 0 aliphatic heterocycles. The SMILES string of the molecule is CC1=C(C)C(C)C([Si](c2c(C)ccc([Si](C)(C)C)c2[Si](C)(C)C)(c2c(C)ccc([Si](C)(C)C)c2[Si](C)(C)C)c2c(C)ccc([Si](C)(C)C)c2[Si](C)(C)C)=C1C. The normalized spacial score (nSPS) is 16.9. The molecule has 0 aromatic heterocycles. The fraction of sp³-hybridized carbons (Fsp3) is 0.542. The van der Waals surface area contributed by atoms with E-state index in [0.717, 1.165) is 0 Å². The van der Waals surface area contributed by atoms with Gasteiger partial charge in [0, 0.05) is 0 Å². The van der Waals surface area contributed by atoms with Crippen LogP contribution in [0.2, 0.25) is 118 Å². The van der Waals surface area contributed by atoms with Crippen LogP contribution >= 0.6 is 0 Å². The van der Waals surface area contributed by atoms with E-state index in [0.29, 0.717) is 5.92 Å². The molecular formula is C48H82Si7. The van der Waals surface area contributed by atoms with Crippen molar-refractivity contribution in [2.45, 2.75) is 166 Å². The van der Waals surface area contributed by atoms with Crippen LogP contribution in [0.4, 0.5) is 0 Å². The number of hydrogen-bond donors (Lipinski definition) is 0. The first-order chi connectivity index (χ1) is 24.5. The van der Waals surface area contributed by atoms with Crippen LogP contribution in [0.5, 0.6) is 0 Å². The van der Waals surface area contributed by atoms with Crippen LogP contribution in [-0.2, 0) is 0 Å². The highest BCUT2D eigenvalue weighted by molar-refractivity contribution is 7.24. The predicted molar refractivity (Wildman–Crippen MR) is 276 cm³/mol. The third-order valence-electron chi connectivity index (χ3n) is 13.1. The summed E-state index contributed by atoms with van der Waals surface area (Å²) < 4.78 is 0. The number of rotatable bonds is 10. The standard InChI is InChI=1S/C48H82Si7/c1-32-26-29-39(49(8,9)10)46(52(17,18)19)42(32)55(45-37(6)35(4)36(5)38(45)7,43-33(2)27-30-40(50(11,12)13)47(43)53(20,21)22)44-34(3)28-31-41(51(14,15)16)48(44)54(23,24)25/h26-31,37H,1-25H3. The Labute approximate surface area is 348 Å². The van der Waals surface area contributed by atoms with Gasteiger partial charge in [-0.05, 0) is 68.6 Å². The summed E-state index contributed by atoms with van der Waals surface area (Å²) in [6.45, 7) is 65.7. The van der Waals surface area contributed by atoms with Gasteiger partial charge in [-0.25, -0.2) is 0 Å². The van der Waals surface area contributed by atoms with E-state index in [2.05, 4.69) is 203 Å². The van der Waals surface area contributed by atoms with Crippen LogP contribution < -0.4 is 46.7 Å². The molecular weight excluding hydrogens is 773 g/mol. The minimum atomic E-state index is -3.12. The van der Waals surface area contributed by atoms with Crippen molar-refractivity contribution in [3.8, 4) is 0 Å². The van der Waals surface area contributed by atoms with E-state index in [1.54, 1.807) is 49.0 Å². The fourth-order valence-electron chi connectivity index (χ4n) is 10.5. The summed E-state index contributed by atoms with van der Waals surface area (Å²) in [7, 11) is -14.3. The van der Waals surface area contributed by atoms with Gasteiger partial charge in [-0.15, -0.1) is 0 Å². The summed E-state index contributed by atoms with van der Waals surface area (Å²) in [4.78, 5) is 0. The Morgan fingerprint density at radius 3 is 0.764 bits per heavy atom. The average molecular weight is 856 g/mol. The Morgan fingerprint density at radius 2 is 0.582 bits per heavy atom. The van der Waals surface area contributed by atoms with Gasteiger partial charge in [0.1, 0.15) is 0 Å². The zero-order valence-electron chi connectivity index (χ0n) is 40.5. The van der Waals surface area contributed by atoms with Crippen molar-refractivity contribution in [1.29, 1.82) is 0 Å². The molecule has 0 heterocycles. The molecule has 302 valence electrons. The molecule has 3 aromatic rings. The highest BCUT2D eigenvalue weighted by Gasteiger charge is 2.56. The molecule has 0 nitrogen and oxygen atoms in total. The lowest BCUT2D eigenvalue weighted by molar-refractivity contribution is 0.851. The monoisotopic (exact) mass is 854 g/mol. The zero-order chi connectivity index (χ0) is 42.6. The van der Waals surface area contributed by atoms with Gasteiger partial charge in [-0.3, -0.25) is 0 Å². The Hall–Kier alpha value is -1.34. The van der Waals surface area contributed by atoms with Crippen molar-refractivity contribution in [3.63, 3.8) is 0 Å². The summed E-state index contributed by atoms with van der Waals surface area (Å²) in [5.74, 6) is 0.393. The Balaban J connectivity index is 2.80. The number of allylic oxidation sites excluding steroid dienone is 4. The zero-order valence-corrected chi connectivity index (χ0v) is 47.5. The van der Waals surface area contributed by atoms with Crippen LogP contribution in [0.15, 0.2) is 58.3 Å². The molecule has 1 aliphatic rings. The minimum absolute atomic E-state index is 0.393. The molecule has 0 radical (unpaired) electrons. The third kappa shape index (κ3) is 8.04. The van der Waals surface area contributed by atoms with Crippen LogP contribution in [0.25, 0.3) is 0 Å². The average Bonchev–Trinajstić information content (AvgIpc) is 3.17. The Kier molecular flexibility index (Phi) is 12.4. The van der Waals surface area contributed by atoms with Crippen molar-refractivity contribution in [3.05, 3.63) is 75.0 Å². The summed E-state index contributed by atoms with van der Waals surface area (Å²) >= 11 is 0. The van der Waals surface area contributed by atoms with E-state index in [4.69, 9.17) is 0 Å². The maximum Gasteiger partial charge on any atom is 0.176 e. The number of hydrogen-bond acceptors (Lipinski definition) is 0. The molecule has 1 atom stereocenters. The molecule has 0 saturated carbocycles. The lowest BCUT2D eigenvalue weighted by Gasteiger charge is -2.50. The van der Waals surface area contributed by atoms with E-state index in [1.165, 1.54) is 0 Å². The second-order valence-corrected chi connectivity index (χ2v) is 57.5. The minimum Gasteiger partial charge on any atom is -0.0656 e. The molecule has 55 heavy (non-hydrogen) atoms. The second kappa shape index (κ2) is 14.7.